The molecular weight excluding hydrogens is 200 g/mol. The number of aromatic amines is 1. The minimum atomic E-state index is -0.319. The maximum atomic E-state index is 9.32. The average Bonchev–Trinajstić information content (AvgIpc) is 2.62. The van der Waals surface area contributed by atoms with E-state index in [1.54, 1.807) is 0 Å². The van der Waals surface area contributed by atoms with Gasteiger partial charge in [-0.05, 0) is 37.1 Å². The monoisotopic (exact) mass is 218 g/mol. The van der Waals surface area contributed by atoms with Gasteiger partial charge in [0.05, 0.1) is 17.6 Å². The highest BCUT2D eigenvalue weighted by molar-refractivity contribution is 5.77. The van der Waals surface area contributed by atoms with Gasteiger partial charge in [0.15, 0.2) is 0 Å². The summed E-state index contributed by atoms with van der Waals surface area (Å²) in [7, 11) is 0. The topological polar surface area (TPSA) is 48.9 Å². The van der Waals surface area contributed by atoms with Crippen molar-refractivity contribution in [2.75, 3.05) is 6.61 Å². The number of hydrogen-bond donors (Lipinski definition) is 2. The second-order valence-electron chi connectivity index (χ2n) is 5.08. The van der Waals surface area contributed by atoms with Gasteiger partial charge in [-0.25, -0.2) is 4.98 Å². The van der Waals surface area contributed by atoms with Crippen molar-refractivity contribution in [1.82, 2.24) is 9.97 Å². The van der Waals surface area contributed by atoms with Gasteiger partial charge in [0.2, 0.25) is 0 Å². The predicted molar refractivity (Wildman–Crippen MR) is 65.7 cm³/mol. The Morgan fingerprint density at radius 1 is 1.25 bits per heavy atom. The van der Waals surface area contributed by atoms with Crippen molar-refractivity contribution < 1.29 is 5.11 Å². The number of aromatic nitrogens is 2. The van der Waals surface area contributed by atoms with Crippen molar-refractivity contribution in [1.29, 1.82) is 0 Å². The van der Waals surface area contributed by atoms with E-state index in [4.69, 9.17) is 0 Å². The predicted octanol–water partition coefficient (Wildman–Crippen LogP) is 2.45. The smallest absolute Gasteiger partial charge is 0.115 e. The number of hydrogen-bond acceptors (Lipinski definition) is 2. The summed E-state index contributed by atoms with van der Waals surface area (Å²) in [6.45, 7) is 8.21. The van der Waals surface area contributed by atoms with Crippen LogP contribution in [0.25, 0.3) is 11.0 Å². The third-order valence-corrected chi connectivity index (χ3v) is 3.13. The fraction of sp³-hybridized carbons (Fsp3) is 0.462. The third kappa shape index (κ3) is 1.71. The van der Waals surface area contributed by atoms with Gasteiger partial charge >= 0.3 is 0 Å². The van der Waals surface area contributed by atoms with Crippen LogP contribution in [-0.4, -0.2) is 21.7 Å². The second-order valence-corrected chi connectivity index (χ2v) is 5.08. The molecule has 0 saturated heterocycles. The molecule has 0 amide bonds. The Morgan fingerprint density at radius 2 is 1.88 bits per heavy atom. The molecule has 3 heteroatoms. The van der Waals surface area contributed by atoms with Crippen LogP contribution in [0.5, 0.6) is 0 Å². The van der Waals surface area contributed by atoms with Gasteiger partial charge in [-0.1, -0.05) is 13.8 Å². The van der Waals surface area contributed by atoms with Gasteiger partial charge in [0.25, 0.3) is 0 Å². The van der Waals surface area contributed by atoms with E-state index in [1.165, 1.54) is 11.1 Å². The maximum absolute atomic E-state index is 9.32. The second kappa shape index (κ2) is 3.59. The standard InChI is InChI=1S/C13H18N2O/c1-8-5-10-11(6-9(8)2)15-12(14-10)13(3,4)7-16/h5-6,16H,7H2,1-4H3,(H,14,15). The van der Waals surface area contributed by atoms with Gasteiger partial charge in [-0.3, -0.25) is 0 Å². The Morgan fingerprint density at radius 3 is 2.50 bits per heavy atom. The van der Waals surface area contributed by atoms with E-state index in [-0.39, 0.29) is 12.0 Å². The van der Waals surface area contributed by atoms with Crippen LogP contribution in [0.1, 0.15) is 30.8 Å². The number of nitrogens with zero attached hydrogens (tertiary/aromatic N) is 1. The van der Waals surface area contributed by atoms with Gasteiger partial charge in [0.1, 0.15) is 5.82 Å². The van der Waals surface area contributed by atoms with Gasteiger partial charge in [-0.15, -0.1) is 0 Å². The molecule has 1 aromatic heterocycles. The van der Waals surface area contributed by atoms with Crippen LogP contribution in [0.2, 0.25) is 0 Å². The summed E-state index contributed by atoms with van der Waals surface area (Å²) >= 11 is 0. The molecule has 0 aliphatic heterocycles. The molecule has 2 aromatic rings. The molecule has 0 aliphatic rings. The largest absolute Gasteiger partial charge is 0.395 e. The van der Waals surface area contributed by atoms with E-state index >= 15 is 0 Å². The summed E-state index contributed by atoms with van der Waals surface area (Å²) in [6.07, 6.45) is 0. The normalized spacial score (nSPS) is 12.3. The van der Waals surface area contributed by atoms with E-state index in [2.05, 4.69) is 35.9 Å². The van der Waals surface area contributed by atoms with Crippen molar-refractivity contribution >= 4 is 11.0 Å². The number of fused-ring (bicyclic) bond motifs is 1. The lowest BCUT2D eigenvalue weighted by Gasteiger charge is -2.17. The Balaban J connectivity index is 2.61. The lowest BCUT2D eigenvalue weighted by atomic mass is 9.94. The SMILES string of the molecule is Cc1cc2nc(C(C)(C)CO)[nH]c2cc1C. The van der Waals surface area contributed by atoms with Crippen molar-refractivity contribution in [3.05, 3.63) is 29.1 Å². The maximum Gasteiger partial charge on any atom is 0.115 e. The fourth-order valence-electron chi connectivity index (χ4n) is 1.66. The first-order valence-electron chi connectivity index (χ1n) is 5.52. The highest BCUT2D eigenvalue weighted by Gasteiger charge is 2.23. The zero-order valence-electron chi connectivity index (χ0n) is 10.3. The van der Waals surface area contributed by atoms with Crippen LogP contribution in [0.4, 0.5) is 0 Å². The Kier molecular flexibility index (Phi) is 2.50. The molecule has 2 rings (SSSR count). The van der Waals surface area contributed by atoms with Crippen LogP contribution in [0.15, 0.2) is 12.1 Å². The van der Waals surface area contributed by atoms with Crippen molar-refractivity contribution in [3.8, 4) is 0 Å². The van der Waals surface area contributed by atoms with Crippen LogP contribution in [-0.2, 0) is 5.41 Å². The van der Waals surface area contributed by atoms with Crippen molar-refractivity contribution in [2.24, 2.45) is 0 Å². The number of aliphatic hydroxyl groups excluding tert-OH is 1. The molecule has 0 unspecified atom stereocenters. The minimum Gasteiger partial charge on any atom is -0.395 e. The summed E-state index contributed by atoms with van der Waals surface area (Å²) in [5.74, 6) is 0.843. The first-order valence-corrected chi connectivity index (χ1v) is 5.52. The van der Waals surface area contributed by atoms with Gasteiger partial charge in [-0.2, -0.15) is 0 Å². The molecule has 86 valence electrons. The molecule has 1 aromatic carbocycles. The van der Waals surface area contributed by atoms with Gasteiger partial charge < -0.3 is 10.1 Å². The Labute approximate surface area is 95.5 Å². The van der Waals surface area contributed by atoms with E-state index < -0.39 is 0 Å². The Bertz CT molecular complexity index is 487. The number of rotatable bonds is 2. The van der Waals surface area contributed by atoms with Gasteiger partial charge in [0, 0.05) is 5.41 Å². The molecule has 0 saturated carbocycles. The van der Waals surface area contributed by atoms with E-state index in [0.717, 1.165) is 16.9 Å². The van der Waals surface area contributed by atoms with E-state index in [1.807, 2.05) is 13.8 Å². The average molecular weight is 218 g/mol. The lowest BCUT2D eigenvalue weighted by Crippen LogP contribution is -2.23. The fourth-order valence-corrected chi connectivity index (χ4v) is 1.66. The lowest BCUT2D eigenvalue weighted by molar-refractivity contribution is 0.213. The Hall–Kier alpha value is -1.35. The number of aryl methyl sites for hydroxylation is 2. The molecule has 2 N–H and O–H groups in total. The molecule has 0 fully saturated rings. The van der Waals surface area contributed by atoms with Crippen LogP contribution in [0.3, 0.4) is 0 Å². The van der Waals surface area contributed by atoms with Crippen LogP contribution in [0, 0.1) is 13.8 Å². The minimum absolute atomic E-state index is 0.0881. The summed E-state index contributed by atoms with van der Waals surface area (Å²) in [4.78, 5) is 7.83. The van der Waals surface area contributed by atoms with Crippen molar-refractivity contribution in [2.45, 2.75) is 33.1 Å². The third-order valence-electron chi connectivity index (χ3n) is 3.13. The highest BCUT2D eigenvalue weighted by Crippen LogP contribution is 2.24. The number of aliphatic hydroxyl groups is 1. The molecular formula is C13H18N2O. The van der Waals surface area contributed by atoms with Crippen LogP contribution < -0.4 is 0 Å². The van der Waals surface area contributed by atoms with Crippen LogP contribution >= 0.6 is 0 Å². The molecule has 0 aliphatic carbocycles. The van der Waals surface area contributed by atoms with Crippen molar-refractivity contribution in [3.63, 3.8) is 0 Å². The quantitative estimate of drug-likeness (QED) is 0.813. The molecule has 0 radical (unpaired) electrons. The molecule has 0 spiro atoms. The molecule has 1 heterocycles. The summed E-state index contributed by atoms with van der Waals surface area (Å²) < 4.78 is 0. The summed E-state index contributed by atoms with van der Waals surface area (Å²) in [5.41, 5.74) is 4.19. The van der Waals surface area contributed by atoms with E-state index in [9.17, 15) is 5.11 Å². The first-order chi connectivity index (χ1) is 7.44. The zero-order valence-corrected chi connectivity index (χ0v) is 10.3. The molecule has 3 nitrogen and oxygen atoms in total. The summed E-state index contributed by atoms with van der Waals surface area (Å²) in [6, 6.07) is 4.19. The van der Waals surface area contributed by atoms with E-state index in [0.29, 0.717) is 0 Å². The number of imidazole rings is 1. The number of nitrogens with one attached hydrogen (secondary N) is 1. The zero-order chi connectivity index (χ0) is 11.9. The number of benzene rings is 1. The summed E-state index contributed by atoms with van der Waals surface area (Å²) in [5, 5.41) is 9.32. The highest BCUT2D eigenvalue weighted by atomic mass is 16.3. The first kappa shape index (κ1) is 11.1. The molecule has 0 atom stereocenters. The number of H-pyrrole nitrogens is 1. The molecule has 16 heavy (non-hydrogen) atoms. The molecule has 0 bridgehead atoms.